The Morgan fingerprint density at radius 1 is 0.943 bits per heavy atom. The Balaban J connectivity index is 1.81. The number of aryl methyl sites for hydroxylation is 2. The van der Waals surface area contributed by atoms with Crippen molar-refractivity contribution >= 4 is 5.97 Å². The molecule has 7 nitrogen and oxygen atoms in total. The minimum atomic E-state index is -0.811. The largest absolute Gasteiger partial charge is 0.493 e. The van der Waals surface area contributed by atoms with Gasteiger partial charge in [-0.25, -0.2) is 0 Å². The second-order valence-electron chi connectivity index (χ2n) is 8.65. The van der Waals surface area contributed by atoms with Crippen molar-refractivity contribution in [1.82, 2.24) is 4.57 Å². The Kier molecular flexibility index (Phi) is 9.61. The van der Waals surface area contributed by atoms with E-state index in [0.29, 0.717) is 35.8 Å². The third-order valence-electron chi connectivity index (χ3n) is 6.24. The second-order valence-corrected chi connectivity index (χ2v) is 8.65. The van der Waals surface area contributed by atoms with Crippen LogP contribution in [0.15, 0.2) is 60.9 Å². The van der Waals surface area contributed by atoms with Crippen molar-refractivity contribution in [1.29, 1.82) is 0 Å². The van der Waals surface area contributed by atoms with Crippen LogP contribution in [0, 0.1) is 5.92 Å². The van der Waals surface area contributed by atoms with Crippen molar-refractivity contribution in [2.75, 3.05) is 21.3 Å². The molecule has 0 radical (unpaired) electrons. The number of carbonyl (C=O) groups is 1. The number of nitrogens with zero attached hydrogens (tertiary/aromatic N) is 1. The van der Waals surface area contributed by atoms with Gasteiger partial charge in [0, 0.05) is 31.3 Å². The number of carboxylic acids is 1. The normalized spacial score (nSPS) is 12.7. The molecule has 7 heteroatoms. The Morgan fingerprint density at radius 2 is 1.63 bits per heavy atom. The van der Waals surface area contributed by atoms with Crippen molar-refractivity contribution in [3.8, 4) is 17.2 Å². The zero-order valence-corrected chi connectivity index (χ0v) is 20.6. The van der Waals surface area contributed by atoms with Crippen LogP contribution in [-0.2, 0) is 24.2 Å². The SMILES string of the molecule is COc1cc(C(O)[C@H](CCCc2ccccc2)Cn2ccc(CCC(=O)O)c2)cc(OC)c1OC. The van der Waals surface area contributed by atoms with Crippen LogP contribution in [0.25, 0.3) is 0 Å². The van der Waals surface area contributed by atoms with E-state index in [1.54, 1.807) is 33.5 Å². The third-order valence-corrected chi connectivity index (χ3v) is 6.24. The van der Waals surface area contributed by atoms with Crippen LogP contribution >= 0.6 is 0 Å². The highest BCUT2D eigenvalue weighted by Crippen LogP contribution is 2.41. The summed E-state index contributed by atoms with van der Waals surface area (Å²) in [5, 5.41) is 20.5. The molecule has 0 aliphatic carbocycles. The van der Waals surface area contributed by atoms with Gasteiger partial charge in [0.25, 0.3) is 0 Å². The molecule has 3 rings (SSSR count). The predicted octanol–water partition coefficient (Wildman–Crippen LogP) is 4.90. The minimum absolute atomic E-state index is 0.0822. The van der Waals surface area contributed by atoms with Crippen molar-refractivity contribution in [2.45, 2.75) is 44.8 Å². The average molecular weight is 482 g/mol. The zero-order chi connectivity index (χ0) is 25.2. The van der Waals surface area contributed by atoms with Crippen LogP contribution in [0.5, 0.6) is 17.2 Å². The number of methoxy groups -OCH3 is 3. The molecule has 3 aromatic rings. The third kappa shape index (κ3) is 7.26. The number of aromatic nitrogens is 1. The quantitative estimate of drug-likeness (QED) is 0.340. The van der Waals surface area contributed by atoms with Crippen molar-refractivity contribution < 1.29 is 29.2 Å². The van der Waals surface area contributed by atoms with Crippen molar-refractivity contribution in [3.05, 3.63) is 77.6 Å². The van der Waals surface area contributed by atoms with E-state index in [4.69, 9.17) is 19.3 Å². The smallest absolute Gasteiger partial charge is 0.303 e. The number of rotatable bonds is 14. The summed E-state index contributed by atoms with van der Waals surface area (Å²) >= 11 is 0. The highest BCUT2D eigenvalue weighted by Gasteiger charge is 2.25. The molecule has 0 aliphatic heterocycles. The van der Waals surface area contributed by atoms with E-state index in [-0.39, 0.29) is 12.3 Å². The van der Waals surface area contributed by atoms with Gasteiger partial charge in [0.05, 0.1) is 27.4 Å². The summed E-state index contributed by atoms with van der Waals surface area (Å²) in [6.45, 7) is 0.597. The fourth-order valence-corrected chi connectivity index (χ4v) is 4.38. The first kappa shape index (κ1) is 26.2. The number of hydrogen-bond donors (Lipinski definition) is 2. The van der Waals surface area contributed by atoms with Crippen LogP contribution in [0.3, 0.4) is 0 Å². The average Bonchev–Trinajstić information content (AvgIpc) is 3.33. The number of aliphatic carboxylic acids is 1. The Labute approximate surface area is 206 Å². The molecule has 1 aromatic heterocycles. The Hall–Kier alpha value is -3.45. The molecule has 1 unspecified atom stereocenters. The number of benzene rings is 2. The van der Waals surface area contributed by atoms with Gasteiger partial charge >= 0.3 is 5.97 Å². The monoisotopic (exact) mass is 481 g/mol. The fourth-order valence-electron chi connectivity index (χ4n) is 4.38. The van der Waals surface area contributed by atoms with Crippen LogP contribution in [0.1, 0.15) is 42.1 Å². The molecular formula is C28H35NO6. The van der Waals surface area contributed by atoms with Gasteiger partial charge in [-0.2, -0.15) is 0 Å². The highest BCUT2D eigenvalue weighted by molar-refractivity contribution is 5.67. The lowest BCUT2D eigenvalue weighted by Crippen LogP contribution is -2.19. The van der Waals surface area contributed by atoms with Crippen molar-refractivity contribution in [2.24, 2.45) is 5.92 Å². The summed E-state index contributed by atoms with van der Waals surface area (Å²) in [6, 6.07) is 15.8. The van der Waals surface area contributed by atoms with Gasteiger partial charge in [-0.1, -0.05) is 30.3 Å². The molecule has 0 aliphatic rings. The van der Waals surface area contributed by atoms with Crippen molar-refractivity contribution in [3.63, 3.8) is 0 Å². The summed E-state index contributed by atoms with van der Waals surface area (Å²) < 4.78 is 18.4. The van der Waals surface area contributed by atoms with Crippen LogP contribution in [0.2, 0.25) is 0 Å². The molecule has 0 saturated carbocycles. The molecule has 35 heavy (non-hydrogen) atoms. The van der Waals surface area contributed by atoms with Gasteiger partial charge in [-0.15, -0.1) is 0 Å². The lowest BCUT2D eigenvalue weighted by molar-refractivity contribution is -0.136. The van der Waals surface area contributed by atoms with Crippen LogP contribution in [0.4, 0.5) is 0 Å². The highest BCUT2D eigenvalue weighted by atomic mass is 16.5. The molecule has 0 saturated heterocycles. The Morgan fingerprint density at radius 3 is 2.23 bits per heavy atom. The summed E-state index contributed by atoms with van der Waals surface area (Å²) in [6.07, 6.45) is 6.38. The van der Waals surface area contributed by atoms with E-state index in [2.05, 4.69) is 12.1 Å². The molecule has 2 aromatic carbocycles. The van der Waals surface area contributed by atoms with E-state index in [0.717, 1.165) is 24.8 Å². The first-order chi connectivity index (χ1) is 16.9. The fraction of sp³-hybridized carbons (Fsp3) is 0.393. The lowest BCUT2D eigenvalue weighted by Gasteiger charge is -2.25. The molecule has 2 N–H and O–H groups in total. The molecule has 0 fully saturated rings. The van der Waals surface area contributed by atoms with Gasteiger partial charge in [-0.05, 0) is 60.6 Å². The van der Waals surface area contributed by atoms with Crippen LogP contribution in [-0.4, -0.2) is 42.1 Å². The van der Waals surface area contributed by atoms with Crippen LogP contribution < -0.4 is 14.2 Å². The maximum absolute atomic E-state index is 11.5. The number of aliphatic hydroxyl groups is 1. The first-order valence-electron chi connectivity index (χ1n) is 11.8. The Bertz CT molecular complexity index is 1050. The summed E-state index contributed by atoms with van der Waals surface area (Å²) in [4.78, 5) is 10.9. The van der Waals surface area contributed by atoms with E-state index in [1.165, 1.54) is 5.56 Å². The van der Waals surface area contributed by atoms with E-state index in [9.17, 15) is 9.90 Å². The molecule has 0 amide bonds. The van der Waals surface area contributed by atoms with Gasteiger partial charge < -0.3 is 29.0 Å². The predicted molar refractivity (Wildman–Crippen MR) is 134 cm³/mol. The van der Waals surface area contributed by atoms with Gasteiger partial charge in [0.15, 0.2) is 11.5 Å². The summed E-state index contributed by atoms with van der Waals surface area (Å²) in [5.41, 5.74) is 2.94. The molecule has 0 bridgehead atoms. The van der Waals surface area contributed by atoms with Gasteiger partial charge in [0.1, 0.15) is 0 Å². The molecule has 188 valence electrons. The van der Waals surface area contributed by atoms with E-state index in [1.807, 2.05) is 41.2 Å². The molecular weight excluding hydrogens is 446 g/mol. The molecule has 1 heterocycles. The van der Waals surface area contributed by atoms with E-state index >= 15 is 0 Å². The summed E-state index contributed by atoms with van der Waals surface area (Å²) in [7, 11) is 4.67. The molecule has 0 spiro atoms. The zero-order valence-electron chi connectivity index (χ0n) is 20.6. The number of hydrogen-bond acceptors (Lipinski definition) is 5. The standard InChI is InChI=1S/C28H35NO6/c1-33-24-16-23(17-25(34-2)28(24)35-3)27(32)22(11-7-10-20-8-5-4-6-9-20)19-29-15-14-21(18-29)12-13-26(30)31/h4-6,8-9,14-18,22,27,32H,7,10-13,19H2,1-3H3,(H,30,31)/t22-,27?/m1/s1. The topological polar surface area (TPSA) is 90.2 Å². The first-order valence-corrected chi connectivity index (χ1v) is 11.8. The number of aliphatic hydroxyl groups excluding tert-OH is 1. The van der Waals surface area contributed by atoms with E-state index < -0.39 is 12.1 Å². The number of ether oxygens (including phenoxy) is 3. The number of carboxylic acid groups (broad SMARTS) is 1. The van der Waals surface area contributed by atoms with Gasteiger partial charge in [-0.3, -0.25) is 4.79 Å². The maximum Gasteiger partial charge on any atom is 0.303 e. The maximum atomic E-state index is 11.5. The second kappa shape index (κ2) is 12.9. The molecule has 2 atom stereocenters. The lowest BCUT2D eigenvalue weighted by atomic mass is 9.89. The van der Waals surface area contributed by atoms with Gasteiger partial charge in [0.2, 0.25) is 5.75 Å². The summed E-state index contributed by atoms with van der Waals surface area (Å²) in [5.74, 6) is 0.595. The minimum Gasteiger partial charge on any atom is -0.493 e.